The summed E-state index contributed by atoms with van der Waals surface area (Å²) in [5, 5.41) is 19.0. The Balaban J connectivity index is 1.82. The molecule has 108 valence electrons. The van der Waals surface area contributed by atoms with Crippen molar-refractivity contribution in [1.82, 2.24) is 4.90 Å². The molecule has 1 aliphatic rings. The lowest BCUT2D eigenvalue weighted by Gasteiger charge is -2.33. The first-order valence-electron chi connectivity index (χ1n) is 7.25. The zero-order valence-corrected chi connectivity index (χ0v) is 12.0. The van der Waals surface area contributed by atoms with Crippen molar-refractivity contribution in [2.45, 2.75) is 32.0 Å². The van der Waals surface area contributed by atoms with Crippen molar-refractivity contribution in [3.63, 3.8) is 0 Å². The van der Waals surface area contributed by atoms with Gasteiger partial charge >= 0.3 is 0 Å². The molecule has 0 amide bonds. The first-order valence-corrected chi connectivity index (χ1v) is 7.25. The van der Waals surface area contributed by atoms with Crippen molar-refractivity contribution in [3.8, 4) is 6.07 Å². The molecule has 4 heteroatoms. The summed E-state index contributed by atoms with van der Waals surface area (Å²) in [5.41, 5.74) is 1.49. The Morgan fingerprint density at radius 2 is 2.00 bits per heavy atom. The van der Waals surface area contributed by atoms with E-state index in [0.717, 1.165) is 38.1 Å². The molecular formula is C16H22N2O2. The van der Waals surface area contributed by atoms with E-state index < -0.39 is 6.10 Å². The lowest BCUT2D eigenvalue weighted by atomic mass is 10.0. The second-order valence-corrected chi connectivity index (χ2v) is 5.20. The van der Waals surface area contributed by atoms with E-state index >= 15 is 0 Å². The molecular weight excluding hydrogens is 252 g/mol. The average Bonchev–Trinajstić information content (AvgIpc) is 2.49. The molecule has 1 N–H and O–H groups in total. The summed E-state index contributed by atoms with van der Waals surface area (Å²) in [4.78, 5) is 2.28. The summed E-state index contributed by atoms with van der Waals surface area (Å²) in [6, 6.07) is 9.24. The molecule has 0 aromatic heterocycles. The molecule has 1 unspecified atom stereocenters. The molecule has 0 radical (unpaired) electrons. The van der Waals surface area contributed by atoms with Gasteiger partial charge in [0.25, 0.3) is 0 Å². The van der Waals surface area contributed by atoms with Gasteiger partial charge in [-0.05, 0) is 37.5 Å². The molecule has 0 aliphatic carbocycles. The highest BCUT2D eigenvalue weighted by Gasteiger charge is 2.21. The number of aliphatic hydroxyl groups excluding tert-OH is 1. The maximum atomic E-state index is 10.2. The Kier molecular flexibility index (Phi) is 5.54. The predicted molar refractivity (Wildman–Crippen MR) is 77.2 cm³/mol. The van der Waals surface area contributed by atoms with Crippen molar-refractivity contribution < 1.29 is 9.84 Å². The Morgan fingerprint density at radius 1 is 1.35 bits per heavy atom. The second-order valence-electron chi connectivity index (χ2n) is 5.20. The smallest absolute Gasteiger partial charge is 0.0991 e. The number of hydrogen-bond acceptors (Lipinski definition) is 4. The van der Waals surface area contributed by atoms with Gasteiger partial charge in [0.2, 0.25) is 0 Å². The van der Waals surface area contributed by atoms with Gasteiger partial charge in [-0.3, -0.25) is 0 Å². The van der Waals surface area contributed by atoms with E-state index in [9.17, 15) is 5.11 Å². The van der Waals surface area contributed by atoms with Crippen LogP contribution in [-0.2, 0) is 4.74 Å². The van der Waals surface area contributed by atoms with Crippen molar-refractivity contribution in [2.24, 2.45) is 0 Å². The van der Waals surface area contributed by atoms with Crippen LogP contribution in [0.4, 0.5) is 0 Å². The van der Waals surface area contributed by atoms with Crippen LogP contribution in [0.5, 0.6) is 0 Å². The van der Waals surface area contributed by atoms with Crippen LogP contribution in [0.1, 0.15) is 37.0 Å². The van der Waals surface area contributed by atoms with Crippen LogP contribution in [0.25, 0.3) is 0 Å². The fourth-order valence-electron chi connectivity index (χ4n) is 2.62. The second kappa shape index (κ2) is 7.39. The summed E-state index contributed by atoms with van der Waals surface area (Å²) < 4.78 is 5.63. The minimum atomic E-state index is -0.494. The van der Waals surface area contributed by atoms with Gasteiger partial charge in [0.05, 0.1) is 23.8 Å². The molecule has 1 saturated heterocycles. The monoisotopic (exact) mass is 274 g/mol. The lowest BCUT2D eigenvalue weighted by Crippen LogP contribution is -2.39. The fourth-order valence-corrected chi connectivity index (χ4v) is 2.62. The Morgan fingerprint density at radius 3 is 2.55 bits per heavy atom. The third-order valence-corrected chi connectivity index (χ3v) is 3.79. The van der Waals surface area contributed by atoms with Crippen LogP contribution >= 0.6 is 0 Å². The van der Waals surface area contributed by atoms with Crippen molar-refractivity contribution in [3.05, 3.63) is 35.4 Å². The zero-order chi connectivity index (χ0) is 14.4. The van der Waals surface area contributed by atoms with Crippen LogP contribution < -0.4 is 0 Å². The summed E-state index contributed by atoms with van der Waals surface area (Å²) in [7, 11) is 0. The van der Waals surface area contributed by atoms with E-state index in [-0.39, 0.29) is 0 Å². The first-order chi connectivity index (χ1) is 9.72. The summed E-state index contributed by atoms with van der Waals surface area (Å²) in [5.74, 6) is 0. The molecule has 4 nitrogen and oxygen atoms in total. The van der Waals surface area contributed by atoms with Crippen LogP contribution in [0.15, 0.2) is 24.3 Å². The molecule has 1 heterocycles. The Bertz CT molecular complexity index is 445. The maximum Gasteiger partial charge on any atom is 0.0991 e. The number of hydrogen-bond donors (Lipinski definition) is 1. The van der Waals surface area contributed by atoms with Crippen molar-refractivity contribution in [2.75, 3.05) is 26.2 Å². The average molecular weight is 274 g/mol. The van der Waals surface area contributed by atoms with Crippen LogP contribution in [-0.4, -0.2) is 42.4 Å². The van der Waals surface area contributed by atoms with Gasteiger partial charge in [0.1, 0.15) is 0 Å². The predicted octanol–water partition coefficient (Wildman–Crippen LogP) is 2.09. The zero-order valence-electron chi connectivity index (χ0n) is 12.0. The molecule has 1 fully saturated rings. The summed E-state index contributed by atoms with van der Waals surface area (Å²) in [6.45, 7) is 5.39. The third-order valence-electron chi connectivity index (χ3n) is 3.79. The maximum absolute atomic E-state index is 10.2. The number of ether oxygens (including phenoxy) is 1. The number of rotatable bonds is 5. The van der Waals surface area contributed by atoms with Crippen molar-refractivity contribution in [1.29, 1.82) is 5.26 Å². The van der Waals surface area contributed by atoms with Crippen LogP contribution in [0.3, 0.4) is 0 Å². The largest absolute Gasteiger partial charge is 0.387 e. The van der Waals surface area contributed by atoms with Gasteiger partial charge in [-0.25, -0.2) is 0 Å². The normalized spacial score (nSPS) is 18.6. The van der Waals surface area contributed by atoms with Crippen molar-refractivity contribution >= 4 is 0 Å². The highest BCUT2D eigenvalue weighted by atomic mass is 16.5. The first kappa shape index (κ1) is 15.0. The standard InChI is InChI=1S/C16H22N2O2/c1-2-20-15-7-9-18(10-8-15)12-16(19)14-5-3-13(11-17)4-6-14/h3-6,15-16,19H,2,7-10,12H2,1H3. The van der Waals surface area contributed by atoms with Gasteiger partial charge in [0, 0.05) is 26.2 Å². The lowest BCUT2D eigenvalue weighted by molar-refractivity contribution is 0.00328. The summed E-state index contributed by atoms with van der Waals surface area (Å²) in [6.07, 6.45) is 1.96. The molecule has 1 aromatic carbocycles. The highest BCUT2D eigenvalue weighted by molar-refractivity contribution is 5.32. The molecule has 0 spiro atoms. The number of likely N-dealkylation sites (tertiary alicyclic amines) is 1. The third kappa shape index (κ3) is 4.04. The number of aliphatic hydroxyl groups is 1. The van der Waals surface area contributed by atoms with Gasteiger partial charge in [0.15, 0.2) is 0 Å². The molecule has 20 heavy (non-hydrogen) atoms. The fraction of sp³-hybridized carbons (Fsp3) is 0.562. The molecule has 1 aliphatic heterocycles. The van der Waals surface area contributed by atoms with E-state index in [1.54, 1.807) is 12.1 Å². The number of nitriles is 1. The molecule has 0 bridgehead atoms. The Labute approximate surface area is 120 Å². The van der Waals surface area contributed by atoms with Gasteiger partial charge in [-0.2, -0.15) is 5.26 Å². The molecule has 0 saturated carbocycles. The van der Waals surface area contributed by atoms with E-state index in [1.807, 2.05) is 19.1 Å². The van der Waals surface area contributed by atoms with Gasteiger partial charge < -0.3 is 14.7 Å². The molecule has 2 rings (SSSR count). The van der Waals surface area contributed by atoms with Gasteiger partial charge in [-0.1, -0.05) is 12.1 Å². The molecule has 1 atom stereocenters. The van der Waals surface area contributed by atoms with Crippen LogP contribution in [0, 0.1) is 11.3 Å². The SMILES string of the molecule is CCOC1CCN(CC(O)c2ccc(C#N)cc2)CC1. The topological polar surface area (TPSA) is 56.5 Å². The minimum absolute atomic E-state index is 0.378. The minimum Gasteiger partial charge on any atom is -0.387 e. The summed E-state index contributed by atoms with van der Waals surface area (Å²) >= 11 is 0. The van der Waals surface area contributed by atoms with Crippen LogP contribution in [0.2, 0.25) is 0 Å². The van der Waals surface area contributed by atoms with E-state index in [1.165, 1.54) is 0 Å². The Hall–Kier alpha value is -1.41. The number of benzene rings is 1. The van der Waals surface area contributed by atoms with E-state index in [2.05, 4.69) is 11.0 Å². The number of nitrogens with zero attached hydrogens (tertiary/aromatic N) is 2. The highest BCUT2D eigenvalue weighted by Crippen LogP contribution is 2.19. The molecule has 1 aromatic rings. The number of β-amino-alcohol motifs (C(OH)–C–C–N with tert-alkyl or cyclic N) is 1. The van der Waals surface area contributed by atoms with E-state index in [4.69, 9.17) is 10.00 Å². The van der Waals surface area contributed by atoms with E-state index in [0.29, 0.717) is 18.2 Å². The number of piperidine rings is 1. The van der Waals surface area contributed by atoms with Gasteiger partial charge in [-0.15, -0.1) is 0 Å². The quantitative estimate of drug-likeness (QED) is 0.893.